The van der Waals surface area contributed by atoms with E-state index in [1.54, 1.807) is 7.11 Å². The molecular weight excluding hydrogens is 226 g/mol. The van der Waals surface area contributed by atoms with E-state index < -0.39 is 0 Å². The Morgan fingerprint density at radius 2 is 2.33 bits per heavy atom. The lowest BCUT2D eigenvalue weighted by Gasteiger charge is -2.27. The van der Waals surface area contributed by atoms with Crippen LogP contribution in [0, 0.1) is 12.8 Å². The quantitative estimate of drug-likeness (QED) is 0.856. The van der Waals surface area contributed by atoms with Gasteiger partial charge in [-0.1, -0.05) is 12.1 Å². The van der Waals surface area contributed by atoms with E-state index in [1.165, 1.54) is 12.0 Å². The molecule has 3 heteroatoms. The average molecular weight is 249 g/mol. The number of aliphatic hydroxyl groups is 1. The Hall–Kier alpha value is -1.06. The summed E-state index contributed by atoms with van der Waals surface area (Å²) in [6.45, 7) is 4.07. The average Bonchev–Trinajstić information content (AvgIpc) is 2.40. The number of aryl methyl sites for hydroxylation is 1. The molecule has 0 aliphatic carbocycles. The third-order valence-electron chi connectivity index (χ3n) is 3.78. The highest BCUT2D eigenvalue weighted by molar-refractivity contribution is 5.36. The summed E-state index contributed by atoms with van der Waals surface area (Å²) in [5.41, 5.74) is 2.32. The van der Waals surface area contributed by atoms with Crippen molar-refractivity contribution in [2.45, 2.75) is 32.3 Å². The monoisotopic (exact) mass is 249 g/mol. The fourth-order valence-electron chi connectivity index (χ4n) is 2.68. The molecule has 1 saturated heterocycles. The molecule has 2 atom stereocenters. The maximum absolute atomic E-state index is 10.3. The summed E-state index contributed by atoms with van der Waals surface area (Å²) in [5.74, 6) is 1.30. The molecule has 0 bridgehead atoms. The Kier molecular flexibility index (Phi) is 4.61. The SMILES string of the molecule is COc1ccc(CC(O)C2CCCNC2)cc1C. The predicted octanol–water partition coefficient (Wildman–Crippen LogP) is 1.91. The van der Waals surface area contributed by atoms with E-state index in [2.05, 4.69) is 11.4 Å². The molecule has 1 aromatic carbocycles. The molecule has 0 saturated carbocycles. The number of piperidine rings is 1. The fraction of sp³-hybridized carbons (Fsp3) is 0.600. The van der Waals surface area contributed by atoms with Crippen LogP contribution in [0.25, 0.3) is 0 Å². The van der Waals surface area contributed by atoms with Gasteiger partial charge in [0.2, 0.25) is 0 Å². The molecule has 100 valence electrons. The summed E-state index contributed by atoms with van der Waals surface area (Å²) < 4.78 is 5.25. The Bertz CT molecular complexity index is 386. The molecule has 2 unspecified atom stereocenters. The molecule has 18 heavy (non-hydrogen) atoms. The van der Waals surface area contributed by atoms with Gasteiger partial charge in [-0.15, -0.1) is 0 Å². The minimum atomic E-state index is -0.245. The Morgan fingerprint density at radius 1 is 1.50 bits per heavy atom. The van der Waals surface area contributed by atoms with E-state index in [-0.39, 0.29) is 6.10 Å². The third-order valence-corrected chi connectivity index (χ3v) is 3.78. The summed E-state index contributed by atoms with van der Waals surface area (Å²) in [6, 6.07) is 6.14. The van der Waals surface area contributed by atoms with Crippen molar-refractivity contribution in [3.63, 3.8) is 0 Å². The van der Waals surface area contributed by atoms with Gasteiger partial charge < -0.3 is 15.2 Å². The van der Waals surface area contributed by atoms with Crippen LogP contribution >= 0.6 is 0 Å². The molecule has 2 rings (SSSR count). The van der Waals surface area contributed by atoms with E-state index in [0.717, 1.165) is 37.2 Å². The van der Waals surface area contributed by atoms with Gasteiger partial charge in [0.15, 0.2) is 0 Å². The maximum atomic E-state index is 10.3. The van der Waals surface area contributed by atoms with E-state index >= 15 is 0 Å². The van der Waals surface area contributed by atoms with Crippen LogP contribution in [0.5, 0.6) is 5.75 Å². The zero-order valence-corrected chi connectivity index (χ0v) is 11.3. The van der Waals surface area contributed by atoms with E-state index in [1.807, 2.05) is 19.1 Å². The molecule has 1 aliphatic heterocycles. The molecular formula is C15H23NO2. The number of methoxy groups -OCH3 is 1. The van der Waals surface area contributed by atoms with Crippen LogP contribution in [-0.2, 0) is 6.42 Å². The highest BCUT2D eigenvalue weighted by atomic mass is 16.5. The van der Waals surface area contributed by atoms with Gasteiger partial charge in [0.1, 0.15) is 5.75 Å². The van der Waals surface area contributed by atoms with Gasteiger partial charge >= 0.3 is 0 Å². The molecule has 0 radical (unpaired) electrons. The number of hydrogen-bond acceptors (Lipinski definition) is 3. The van der Waals surface area contributed by atoms with Gasteiger partial charge in [-0.05, 0) is 55.8 Å². The van der Waals surface area contributed by atoms with Crippen LogP contribution in [0.1, 0.15) is 24.0 Å². The summed E-state index contributed by atoms with van der Waals surface area (Å²) in [4.78, 5) is 0. The van der Waals surface area contributed by atoms with E-state index in [4.69, 9.17) is 4.74 Å². The molecule has 1 aromatic rings. The second-order valence-electron chi connectivity index (χ2n) is 5.18. The zero-order chi connectivity index (χ0) is 13.0. The predicted molar refractivity (Wildman–Crippen MR) is 73.0 cm³/mol. The minimum Gasteiger partial charge on any atom is -0.496 e. The Balaban J connectivity index is 1.97. The van der Waals surface area contributed by atoms with Crippen LogP contribution in [0.2, 0.25) is 0 Å². The molecule has 2 N–H and O–H groups in total. The summed E-state index contributed by atoms with van der Waals surface area (Å²) in [5, 5.41) is 13.6. The first-order chi connectivity index (χ1) is 8.70. The van der Waals surface area contributed by atoms with Gasteiger partial charge in [-0.2, -0.15) is 0 Å². The minimum absolute atomic E-state index is 0.245. The number of ether oxygens (including phenoxy) is 1. The van der Waals surface area contributed by atoms with E-state index in [9.17, 15) is 5.11 Å². The lowest BCUT2D eigenvalue weighted by atomic mass is 9.89. The number of aliphatic hydroxyl groups excluding tert-OH is 1. The number of nitrogens with one attached hydrogen (secondary N) is 1. The van der Waals surface area contributed by atoms with E-state index in [0.29, 0.717) is 5.92 Å². The van der Waals surface area contributed by atoms with Crippen molar-refractivity contribution in [1.82, 2.24) is 5.32 Å². The largest absolute Gasteiger partial charge is 0.496 e. The van der Waals surface area contributed by atoms with Crippen molar-refractivity contribution >= 4 is 0 Å². The first-order valence-electron chi connectivity index (χ1n) is 6.73. The highest BCUT2D eigenvalue weighted by Crippen LogP contribution is 2.22. The van der Waals surface area contributed by atoms with Gasteiger partial charge in [0.25, 0.3) is 0 Å². The Labute approximate surface area is 109 Å². The highest BCUT2D eigenvalue weighted by Gasteiger charge is 2.21. The van der Waals surface area contributed by atoms with Crippen LogP contribution in [0.4, 0.5) is 0 Å². The van der Waals surface area contributed by atoms with Crippen molar-refractivity contribution in [2.24, 2.45) is 5.92 Å². The fourth-order valence-corrected chi connectivity index (χ4v) is 2.68. The second kappa shape index (κ2) is 6.21. The van der Waals surface area contributed by atoms with Crippen molar-refractivity contribution in [2.75, 3.05) is 20.2 Å². The zero-order valence-electron chi connectivity index (χ0n) is 11.3. The molecule has 1 fully saturated rings. The lowest BCUT2D eigenvalue weighted by Crippen LogP contribution is -2.37. The van der Waals surface area contributed by atoms with Gasteiger partial charge in [-0.25, -0.2) is 0 Å². The van der Waals surface area contributed by atoms with Crippen LogP contribution in [0.3, 0.4) is 0 Å². The smallest absolute Gasteiger partial charge is 0.121 e. The van der Waals surface area contributed by atoms with Crippen LogP contribution in [0.15, 0.2) is 18.2 Å². The van der Waals surface area contributed by atoms with Gasteiger partial charge in [0, 0.05) is 6.54 Å². The normalized spacial score (nSPS) is 21.6. The van der Waals surface area contributed by atoms with Crippen LogP contribution in [-0.4, -0.2) is 31.4 Å². The lowest BCUT2D eigenvalue weighted by molar-refractivity contribution is 0.0922. The molecule has 0 amide bonds. The summed E-state index contributed by atoms with van der Waals surface area (Å²) >= 11 is 0. The molecule has 0 aromatic heterocycles. The van der Waals surface area contributed by atoms with Crippen molar-refractivity contribution in [1.29, 1.82) is 0 Å². The molecule has 1 aliphatic rings. The van der Waals surface area contributed by atoms with Crippen molar-refractivity contribution in [3.8, 4) is 5.75 Å². The second-order valence-corrected chi connectivity index (χ2v) is 5.18. The van der Waals surface area contributed by atoms with Gasteiger partial charge in [-0.3, -0.25) is 0 Å². The standard InChI is InChI=1S/C15H23NO2/c1-11-8-12(5-6-15(11)18-2)9-14(17)13-4-3-7-16-10-13/h5-6,8,13-14,16-17H,3-4,7,9-10H2,1-2H3. The van der Waals surface area contributed by atoms with Crippen molar-refractivity contribution in [3.05, 3.63) is 29.3 Å². The molecule has 3 nitrogen and oxygen atoms in total. The number of hydrogen-bond donors (Lipinski definition) is 2. The summed E-state index contributed by atoms with van der Waals surface area (Å²) in [7, 11) is 1.69. The third kappa shape index (κ3) is 3.24. The molecule has 1 heterocycles. The first kappa shape index (κ1) is 13.4. The molecule has 0 spiro atoms. The summed E-state index contributed by atoms with van der Waals surface area (Å²) in [6.07, 6.45) is 2.79. The topological polar surface area (TPSA) is 41.5 Å². The number of rotatable bonds is 4. The number of benzene rings is 1. The van der Waals surface area contributed by atoms with Crippen LogP contribution < -0.4 is 10.1 Å². The first-order valence-corrected chi connectivity index (χ1v) is 6.73. The Morgan fingerprint density at radius 3 is 2.94 bits per heavy atom. The maximum Gasteiger partial charge on any atom is 0.121 e. The van der Waals surface area contributed by atoms with Gasteiger partial charge in [0.05, 0.1) is 13.2 Å². The van der Waals surface area contributed by atoms with Crippen molar-refractivity contribution < 1.29 is 9.84 Å².